The third-order valence-corrected chi connectivity index (χ3v) is 206. The second-order valence-electron chi connectivity index (χ2n) is 30.3. The molecule has 18 rings (SSSR count). The van der Waals surface area contributed by atoms with Crippen molar-refractivity contribution in [3.05, 3.63) is 428 Å². The molecule has 8 aromatic rings. The second-order valence-corrected chi connectivity index (χ2v) is 101. The number of allylic oxidation sites excluding steroid dienone is 32. The molecular formula is C94H76Cl2F4Ge2Hf. The summed E-state index contributed by atoms with van der Waals surface area (Å²) >= 11 is -15.7. The summed E-state index contributed by atoms with van der Waals surface area (Å²) in [6, 6.07) is 62.1. The normalized spacial score (nSPS) is 29.5. The maximum atomic E-state index is 17.4. The Balaban J connectivity index is 0.969. The van der Waals surface area contributed by atoms with E-state index in [4.69, 9.17) is 0 Å². The average molecular weight is 1680 g/mol. The van der Waals surface area contributed by atoms with Gasteiger partial charge in [-0.15, -0.1) is 0 Å². The fourth-order valence-corrected chi connectivity index (χ4v) is 307. The van der Waals surface area contributed by atoms with Gasteiger partial charge in [0.15, 0.2) is 0 Å². The summed E-state index contributed by atoms with van der Waals surface area (Å²) in [4.78, 5) is 0. The molecule has 8 unspecified atom stereocenters. The molecule has 0 N–H and O–H groups in total. The molecule has 0 saturated carbocycles. The van der Waals surface area contributed by atoms with E-state index in [1.54, 1.807) is 24.3 Å². The van der Waals surface area contributed by atoms with E-state index in [-0.39, 0.29) is 23.3 Å². The van der Waals surface area contributed by atoms with Crippen molar-refractivity contribution in [2.45, 2.75) is 70.9 Å². The molecular weight excluding hydrogens is 1600 g/mol. The number of rotatable bonds is 8. The fourth-order valence-electron chi connectivity index (χ4n) is 24.2. The predicted octanol–water partition coefficient (Wildman–Crippen LogP) is 25.9. The number of hydrogen-bond donors (Lipinski definition) is 0. The van der Waals surface area contributed by atoms with Crippen LogP contribution in [0.5, 0.6) is 0 Å². The third-order valence-electron chi connectivity index (χ3n) is 26.9. The molecule has 2 saturated heterocycles. The van der Waals surface area contributed by atoms with E-state index in [1.807, 2.05) is 146 Å². The van der Waals surface area contributed by atoms with Crippen LogP contribution < -0.4 is 0 Å². The van der Waals surface area contributed by atoms with E-state index in [1.165, 1.54) is 0 Å². The molecule has 0 amide bonds. The summed E-state index contributed by atoms with van der Waals surface area (Å²) in [6.07, 6.45) is 45.6. The standard InChI is InChI=1S/2C47H38F2Ge.2ClH.Hf/c2*1-30-26-42-36(34-22-24-38(44(48)28-34)32-14-6-4-7-15-32)18-10-12-20-40(42)46(30)50(3)47-31(2)27-43-37(19-11-13-21-41(43)47)35-23-25-39(45(49)29-35)33-16-8-5-9-17-33;;;/h2*4-29,36-37,50H,1-3H3;2*1H;/q;;;;+2/p-2. The van der Waals surface area contributed by atoms with Crippen LogP contribution in [0.1, 0.15) is 73.6 Å². The zero-order valence-corrected chi connectivity index (χ0v) is 68.2. The molecule has 0 bridgehead atoms. The van der Waals surface area contributed by atoms with Gasteiger partial charge in [-0.25, -0.2) is 0 Å². The molecule has 9 heteroatoms. The first-order chi connectivity index (χ1) is 49.9. The van der Waals surface area contributed by atoms with Gasteiger partial charge in [-0.2, -0.15) is 0 Å². The minimum atomic E-state index is -8.20. The van der Waals surface area contributed by atoms with E-state index >= 15 is 17.6 Å². The molecule has 103 heavy (non-hydrogen) atoms. The van der Waals surface area contributed by atoms with Crippen LogP contribution >= 0.6 is 17.2 Å². The molecule has 8 aliphatic carbocycles. The SMILES string of the molecule is CC1=CC2=C(C=CC=CC2c2ccc(-c3ccccc3)c(F)c2)[C]12[GeH]([CH3])[C]1(C(C)=CC3=C1C=CC=CC3c1ccc(-c3ccccc3)c(F)c1)[Hf]21([Cl])([Cl])[C]2(C(C)=CC3=C2C=CC=CC3c2ccc(-c3ccccc3)c(F)c2)[GeH]([CH3])[C]12C(C)=CC1=C2C=CC=CC1c1ccc(-c2ccccc2)c(F)c1. The van der Waals surface area contributed by atoms with Crippen LogP contribution in [0.3, 0.4) is 0 Å². The Morgan fingerprint density at radius 3 is 0.718 bits per heavy atom. The van der Waals surface area contributed by atoms with Gasteiger partial charge >= 0.3 is 622 Å². The maximum absolute atomic E-state index is 17.4. The van der Waals surface area contributed by atoms with Gasteiger partial charge in [0, 0.05) is 0 Å². The molecule has 10 aliphatic rings. The van der Waals surface area contributed by atoms with Gasteiger partial charge in [-0.05, 0) is 0 Å². The van der Waals surface area contributed by atoms with Gasteiger partial charge in [0.05, 0.1) is 0 Å². The number of benzene rings is 8. The van der Waals surface area contributed by atoms with Crippen LogP contribution in [0.4, 0.5) is 17.6 Å². The van der Waals surface area contributed by atoms with Crippen molar-refractivity contribution in [1.29, 1.82) is 0 Å². The molecule has 8 atom stereocenters. The minimum absolute atomic E-state index is 0.298. The van der Waals surface area contributed by atoms with E-state index in [0.717, 1.165) is 111 Å². The topological polar surface area (TPSA) is 0 Å². The van der Waals surface area contributed by atoms with Gasteiger partial charge in [0.2, 0.25) is 0 Å². The molecule has 0 aromatic heterocycles. The van der Waals surface area contributed by atoms with Crippen molar-refractivity contribution in [3.63, 3.8) is 0 Å². The predicted molar refractivity (Wildman–Crippen MR) is 423 cm³/mol. The van der Waals surface area contributed by atoms with Gasteiger partial charge in [0.25, 0.3) is 0 Å². The molecule has 0 nitrogen and oxygen atoms in total. The van der Waals surface area contributed by atoms with Gasteiger partial charge in [-0.1, -0.05) is 0 Å². The first kappa shape index (κ1) is 66.8. The Bertz CT molecular complexity index is 4940. The average Bonchev–Trinajstić information content (AvgIpc) is 1.52. The molecule has 2 heterocycles. The van der Waals surface area contributed by atoms with Crippen LogP contribution in [-0.4, -0.2) is 28.7 Å². The zero-order valence-electron chi connectivity index (χ0n) is 58.3. The Morgan fingerprint density at radius 1 is 0.301 bits per heavy atom. The van der Waals surface area contributed by atoms with Gasteiger partial charge < -0.3 is 0 Å². The van der Waals surface area contributed by atoms with Crippen LogP contribution in [-0.2, 0) is 14.7 Å². The van der Waals surface area contributed by atoms with E-state index in [0.29, 0.717) is 22.3 Å². The van der Waals surface area contributed by atoms with Crippen molar-refractivity contribution >= 4 is 45.9 Å². The Morgan fingerprint density at radius 2 is 0.515 bits per heavy atom. The van der Waals surface area contributed by atoms with Crippen molar-refractivity contribution in [2.75, 3.05) is 0 Å². The van der Waals surface area contributed by atoms with E-state index < -0.39 is 75.1 Å². The van der Waals surface area contributed by atoms with Gasteiger partial charge in [-0.3, -0.25) is 0 Å². The Labute approximate surface area is 615 Å². The second kappa shape index (κ2) is 23.7. The van der Waals surface area contributed by atoms with Crippen LogP contribution in [0.25, 0.3) is 44.5 Å². The third kappa shape index (κ3) is 7.94. The summed E-state index contributed by atoms with van der Waals surface area (Å²) in [5.41, 5.74) is 22.2. The summed E-state index contributed by atoms with van der Waals surface area (Å²) < 4.78 is 65.6. The monoisotopic (exact) mass is 1680 g/mol. The molecule has 506 valence electrons. The van der Waals surface area contributed by atoms with Crippen molar-refractivity contribution < 1.29 is 32.2 Å². The molecule has 0 radical (unpaired) electrons. The van der Waals surface area contributed by atoms with Crippen molar-refractivity contribution in [3.8, 4) is 44.5 Å². The van der Waals surface area contributed by atoms with Crippen molar-refractivity contribution in [1.82, 2.24) is 0 Å². The summed E-state index contributed by atoms with van der Waals surface area (Å²) in [5.74, 6) is 2.46. The quantitative estimate of drug-likeness (QED) is 0.105. The fraction of sp³-hybridized carbons (Fsp3) is 0.149. The van der Waals surface area contributed by atoms with Crippen LogP contribution in [0, 0.1) is 23.3 Å². The zero-order chi connectivity index (χ0) is 70.8. The molecule has 8 aromatic carbocycles. The molecule has 5 spiro atoms. The Hall–Kier alpha value is -8.14. The van der Waals surface area contributed by atoms with Crippen LogP contribution in [0.2, 0.25) is 19.5 Å². The van der Waals surface area contributed by atoms with Gasteiger partial charge in [0.1, 0.15) is 0 Å². The van der Waals surface area contributed by atoms with E-state index in [2.05, 4.69) is 185 Å². The van der Waals surface area contributed by atoms with Crippen molar-refractivity contribution in [2.24, 2.45) is 0 Å². The summed E-state index contributed by atoms with van der Waals surface area (Å²) in [5, 5.41) is 0. The number of fused-ring (bicyclic) bond motifs is 8. The molecule has 2 fully saturated rings. The first-order valence-electron chi connectivity index (χ1n) is 36.1. The molecule has 2 aliphatic heterocycles. The van der Waals surface area contributed by atoms with E-state index in [9.17, 15) is 17.2 Å². The number of halogens is 6. The van der Waals surface area contributed by atoms with Crippen LogP contribution in [0.15, 0.2) is 383 Å². The number of hydrogen-bond acceptors (Lipinski definition) is 0. The summed E-state index contributed by atoms with van der Waals surface area (Å²) in [6.45, 7) is 9.43. The summed E-state index contributed by atoms with van der Waals surface area (Å²) in [7, 11) is 22.9. The first-order valence-corrected chi connectivity index (χ1v) is 61.9. The Kier molecular flexibility index (Phi) is 15.4.